The Kier molecular flexibility index (Phi) is 4.13. The van der Waals surface area contributed by atoms with E-state index >= 15 is 0 Å². The Morgan fingerprint density at radius 2 is 2.18 bits per heavy atom. The highest BCUT2D eigenvalue weighted by Gasteiger charge is 2.19. The van der Waals surface area contributed by atoms with Crippen LogP contribution in [0.3, 0.4) is 0 Å². The lowest BCUT2D eigenvalue weighted by atomic mass is 9.95. The predicted molar refractivity (Wildman–Crippen MR) is 84.0 cm³/mol. The van der Waals surface area contributed by atoms with E-state index in [2.05, 4.69) is 10.4 Å². The molecule has 22 heavy (non-hydrogen) atoms. The van der Waals surface area contributed by atoms with E-state index in [1.165, 1.54) is 24.1 Å². The number of aromatic nitrogens is 2. The van der Waals surface area contributed by atoms with Gasteiger partial charge in [0.05, 0.1) is 19.3 Å². The molecule has 3 rings (SSSR count). The Labute approximate surface area is 130 Å². The van der Waals surface area contributed by atoms with Crippen molar-refractivity contribution in [3.05, 3.63) is 46.8 Å². The number of benzene rings is 1. The van der Waals surface area contributed by atoms with Crippen molar-refractivity contribution in [1.82, 2.24) is 15.1 Å². The molecule has 0 saturated carbocycles. The highest BCUT2D eigenvalue weighted by Crippen LogP contribution is 2.23. The summed E-state index contributed by atoms with van der Waals surface area (Å²) < 4.78 is 7.11. The highest BCUT2D eigenvalue weighted by molar-refractivity contribution is 5.94. The fourth-order valence-electron chi connectivity index (χ4n) is 3.03. The van der Waals surface area contributed by atoms with Crippen LogP contribution in [-0.2, 0) is 26.4 Å². The third kappa shape index (κ3) is 2.84. The van der Waals surface area contributed by atoms with Gasteiger partial charge in [-0.05, 0) is 49.4 Å². The lowest BCUT2D eigenvalue weighted by molar-refractivity contribution is 0.0950. The van der Waals surface area contributed by atoms with E-state index in [4.69, 9.17) is 4.74 Å². The number of hydrogen-bond donors (Lipinski definition) is 1. The number of aryl methyl sites for hydroxylation is 1. The van der Waals surface area contributed by atoms with Crippen molar-refractivity contribution in [2.75, 3.05) is 7.11 Å². The molecular weight excluding hydrogens is 278 g/mol. The van der Waals surface area contributed by atoms with Crippen molar-refractivity contribution >= 4 is 5.91 Å². The number of rotatable bonds is 4. The number of fused-ring (bicyclic) bond motifs is 1. The summed E-state index contributed by atoms with van der Waals surface area (Å²) in [7, 11) is 3.58. The largest absolute Gasteiger partial charge is 0.497 e. The molecule has 0 saturated heterocycles. The number of ether oxygens (including phenoxy) is 1. The first-order valence-corrected chi connectivity index (χ1v) is 7.65. The summed E-state index contributed by atoms with van der Waals surface area (Å²) in [5, 5.41) is 7.53. The number of carbonyl (C=O) groups excluding carboxylic acids is 1. The summed E-state index contributed by atoms with van der Waals surface area (Å²) in [6.07, 6.45) is 4.58. The van der Waals surface area contributed by atoms with E-state index in [0.717, 1.165) is 18.5 Å². The van der Waals surface area contributed by atoms with Gasteiger partial charge in [-0.1, -0.05) is 6.07 Å². The number of nitrogens with zero attached hydrogens (tertiary/aromatic N) is 2. The van der Waals surface area contributed by atoms with Gasteiger partial charge in [-0.2, -0.15) is 5.10 Å². The van der Waals surface area contributed by atoms with Crippen LogP contribution in [0.25, 0.3) is 0 Å². The first kappa shape index (κ1) is 14.6. The quantitative estimate of drug-likeness (QED) is 0.942. The van der Waals surface area contributed by atoms with Crippen molar-refractivity contribution < 1.29 is 9.53 Å². The number of hydrogen-bond acceptors (Lipinski definition) is 3. The Bertz CT molecular complexity index is 691. The van der Waals surface area contributed by atoms with Gasteiger partial charge in [-0.25, -0.2) is 0 Å². The van der Waals surface area contributed by atoms with Crippen molar-refractivity contribution in [3.63, 3.8) is 0 Å². The summed E-state index contributed by atoms with van der Waals surface area (Å²) in [5.41, 5.74) is 4.23. The first-order chi connectivity index (χ1) is 10.7. The summed E-state index contributed by atoms with van der Waals surface area (Å²) in [6.45, 7) is 0.471. The van der Waals surface area contributed by atoms with Crippen LogP contribution < -0.4 is 10.1 Å². The van der Waals surface area contributed by atoms with Gasteiger partial charge in [0.2, 0.25) is 0 Å². The average Bonchev–Trinajstić information content (AvgIpc) is 2.89. The maximum absolute atomic E-state index is 12.3. The molecule has 5 nitrogen and oxygen atoms in total. The Balaban J connectivity index is 1.71. The van der Waals surface area contributed by atoms with Gasteiger partial charge in [0.1, 0.15) is 5.75 Å². The van der Waals surface area contributed by atoms with Crippen LogP contribution in [0.2, 0.25) is 0 Å². The smallest absolute Gasteiger partial charge is 0.251 e. The van der Waals surface area contributed by atoms with Crippen LogP contribution in [0.5, 0.6) is 5.75 Å². The summed E-state index contributed by atoms with van der Waals surface area (Å²) in [6, 6.07) is 7.16. The van der Waals surface area contributed by atoms with Crippen LogP contribution >= 0.6 is 0 Å². The molecule has 116 valence electrons. The third-order valence-corrected chi connectivity index (χ3v) is 4.20. The highest BCUT2D eigenvalue weighted by atomic mass is 16.5. The van der Waals surface area contributed by atoms with Crippen molar-refractivity contribution in [2.24, 2.45) is 7.05 Å². The second-order valence-corrected chi connectivity index (χ2v) is 5.62. The summed E-state index contributed by atoms with van der Waals surface area (Å²) >= 11 is 0. The zero-order valence-corrected chi connectivity index (χ0v) is 13.1. The molecule has 1 aromatic heterocycles. The summed E-state index contributed by atoms with van der Waals surface area (Å²) in [5.74, 6) is 0.581. The molecule has 0 radical (unpaired) electrons. The van der Waals surface area contributed by atoms with E-state index in [-0.39, 0.29) is 5.91 Å². The number of nitrogens with one attached hydrogen (secondary N) is 1. The van der Waals surface area contributed by atoms with Crippen molar-refractivity contribution in [3.8, 4) is 5.75 Å². The monoisotopic (exact) mass is 299 g/mol. The predicted octanol–water partition coefficient (Wildman–Crippen LogP) is 2.24. The van der Waals surface area contributed by atoms with Gasteiger partial charge < -0.3 is 10.1 Å². The molecule has 0 unspecified atom stereocenters. The van der Waals surface area contributed by atoms with E-state index in [1.54, 1.807) is 19.2 Å². The Morgan fingerprint density at radius 3 is 3.00 bits per heavy atom. The Hall–Kier alpha value is -2.30. The maximum atomic E-state index is 12.3. The molecule has 1 aliphatic rings. The van der Waals surface area contributed by atoms with Crippen LogP contribution in [-0.4, -0.2) is 22.8 Å². The van der Waals surface area contributed by atoms with E-state index in [9.17, 15) is 4.79 Å². The number of amides is 1. The van der Waals surface area contributed by atoms with Crippen molar-refractivity contribution in [1.29, 1.82) is 0 Å². The molecule has 0 atom stereocenters. The molecule has 1 heterocycles. The van der Waals surface area contributed by atoms with Gasteiger partial charge in [0.15, 0.2) is 0 Å². The van der Waals surface area contributed by atoms with E-state index < -0.39 is 0 Å². The fraction of sp³-hybridized carbons (Fsp3) is 0.412. The molecule has 0 fully saturated rings. The molecule has 0 aliphatic heterocycles. The summed E-state index contributed by atoms with van der Waals surface area (Å²) in [4.78, 5) is 12.3. The topological polar surface area (TPSA) is 56.1 Å². The normalized spacial score (nSPS) is 13.5. The van der Waals surface area contributed by atoms with Crippen LogP contribution in [0, 0.1) is 0 Å². The molecule has 1 aliphatic carbocycles. The standard InChI is InChI=1S/C17H21N3O2/c1-20-16-9-4-3-8-14(16)15(19-20)11-18-17(21)12-6-5-7-13(10-12)22-2/h5-7,10H,3-4,8-9,11H2,1-2H3,(H,18,21). The number of methoxy groups -OCH3 is 1. The zero-order chi connectivity index (χ0) is 15.5. The fourth-order valence-corrected chi connectivity index (χ4v) is 3.03. The van der Waals surface area contributed by atoms with Gasteiger partial charge >= 0.3 is 0 Å². The van der Waals surface area contributed by atoms with Crippen LogP contribution in [0.15, 0.2) is 24.3 Å². The second kappa shape index (κ2) is 6.22. The van der Waals surface area contributed by atoms with Crippen LogP contribution in [0.4, 0.5) is 0 Å². The molecule has 2 aromatic rings. The molecular formula is C17H21N3O2. The maximum Gasteiger partial charge on any atom is 0.251 e. The van der Waals surface area contributed by atoms with E-state index in [0.29, 0.717) is 17.9 Å². The number of carbonyl (C=O) groups is 1. The Morgan fingerprint density at radius 1 is 1.36 bits per heavy atom. The van der Waals surface area contributed by atoms with Gasteiger partial charge in [-0.3, -0.25) is 9.48 Å². The van der Waals surface area contributed by atoms with Crippen LogP contribution in [0.1, 0.15) is 40.2 Å². The molecule has 0 spiro atoms. The molecule has 1 N–H and O–H groups in total. The minimum absolute atomic E-state index is 0.103. The molecule has 0 bridgehead atoms. The third-order valence-electron chi connectivity index (χ3n) is 4.20. The van der Waals surface area contributed by atoms with E-state index in [1.807, 2.05) is 23.9 Å². The van der Waals surface area contributed by atoms with Crippen molar-refractivity contribution in [2.45, 2.75) is 32.2 Å². The first-order valence-electron chi connectivity index (χ1n) is 7.65. The minimum Gasteiger partial charge on any atom is -0.497 e. The second-order valence-electron chi connectivity index (χ2n) is 5.62. The zero-order valence-electron chi connectivity index (χ0n) is 13.1. The minimum atomic E-state index is -0.103. The lowest BCUT2D eigenvalue weighted by Gasteiger charge is -2.12. The molecule has 1 amide bonds. The lowest BCUT2D eigenvalue weighted by Crippen LogP contribution is -2.23. The van der Waals surface area contributed by atoms with Gasteiger partial charge in [0.25, 0.3) is 5.91 Å². The molecule has 1 aromatic carbocycles. The van der Waals surface area contributed by atoms with Gasteiger partial charge in [-0.15, -0.1) is 0 Å². The molecule has 5 heteroatoms. The van der Waals surface area contributed by atoms with Gasteiger partial charge in [0, 0.05) is 18.3 Å². The average molecular weight is 299 g/mol. The SMILES string of the molecule is COc1cccc(C(=O)NCc2nn(C)c3c2CCCC3)c1.